The molecule has 2 N–H and O–H groups in total. The van der Waals surface area contributed by atoms with Crippen LogP contribution in [-0.2, 0) is 0 Å². The van der Waals surface area contributed by atoms with E-state index in [1.54, 1.807) is 0 Å². The fraction of sp³-hybridized carbons (Fsp3) is 0.409. The van der Waals surface area contributed by atoms with E-state index in [1.165, 1.54) is 0 Å². The Labute approximate surface area is 168 Å². The highest BCUT2D eigenvalue weighted by atomic mass is 16.6. The summed E-state index contributed by atoms with van der Waals surface area (Å²) in [6, 6.07) is 15.5. The molecule has 0 radical (unpaired) electrons. The number of para-hydroxylation sites is 4. The van der Waals surface area contributed by atoms with Crippen molar-refractivity contribution in [2.45, 2.75) is 31.1 Å². The molecule has 2 unspecified atom stereocenters. The van der Waals surface area contributed by atoms with Crippen LogP contribution < -0.4 is 15.2 Å². The molecule has 0 saturated carbocycles. The smallest absolute Gasteiger partial charge is 0.326 e. The van der Waals surface area contributed by atoms with Crippen LogP contribution in [0.5, 0.6) is 11.5 Å². The molecule has 3 heterocycles. The molecule has 1 aromatic heterocycles. The van der Waals surface area contributed by atoms with Gasteiger partial charge in [0.2, 0.25) is 0 Å². The lowest BCUT2D eigenvalue weighted by Gasteiger charge is -2.36. The van der Waals surface area contributed by atoms with Gasteiger partial charge in [-0.05, 0) is 37.1 Å². The first-order valence-electron chi connectivity index (χ1n) is 10.2. The number of aliphatic hydroxyl groups excluding tert-OH is 1. The predicted octanol–water partition coefficient (Wildman–Crippen LogP) is 2.17. The summed E-state index contributed by atoms with van der Waals surface area (Å²) in [7, 11) is 0. The molecule has 1 saturated heterocycles. The van der Waals surface area contributed by atoms with E-state index in [0.29, 0.717) is 18.9 Å². The predicted molar refractivity (Wildman–Crippen MR) is 110 cm³/mol. The van der Waals surface area contributed by atoms with Crippen molar-refractivity contribution in [2.75, 3.05) is 26.2 Å². The molecule has 29 heavy (non-hydrogen) atoms. The zero-order valence-corrected chi connectivity index (χ0v) is 16.2. The van der Waals surface area contributed by atoms with Crippen LogP contribution in [0.4, 0.5) is 0 Å². The fourth-order valence-corrected chi connectivity index (χ4v) is 4.40. The molecule has 2 aliphatic rings. The number of imidazole rings is 1. The van der Waals surface area contributed by atoms with E-state index in [2.05, 4.69) is 9.88 Å². The summed E-state index contributed by atoms with van der Waals surface area (Å²) < 4.78 is 13.5. The van der Waals surface area contributed by atoms with Gasteiger partial charge in [-0.3, -0.25) is 4.57 Å². The van der Waals surface area contributed by atoms with E-state index in [9.17, 15) is 9.90 Å². The first-order valence-corrected chi connectivity index (χ1v) is 10.2. The van der Waals surface area contributed by atoms with Crippen molar-refractivity contribution in [3.63, 3.8) is 0 Å². The second-order valence-electron chi connectivity index (χ2n) is 7.83. The number of hydrogen-bond acceptors (Lipinski definition) is 5. The van der Waals surface area contributed by atoms with Gasteiger partial charge >= 0.3 is 5.69 Å². The second kappa shape index (κ2) is 7.57. The fourth-order valence-electron chi connectivity index (χ4n) is 4.40. The maximum Gasteiger partial charge on any atom is 0.326 e. The molecule has 3 aromatic rings. The Bertz CT molecular complexity index is 1050. The lowest BCUT2D eigenvalue weighted by Crippen LogP contribution is -2.48. The summed E-state index contributed by atoms with van der Waals surface area (Å²) in [5.41, 5.74) is 1.79. The number of nitrogens with one attached hydrogen (secondary N) is 1. The number of H-pyrrole nitrogens is 1. The molecular weight excluding hydrogens is 370 g/mol. The van der Waals surface area contributed by atoms with Crippen LogP contribution in [0.1, 0.15) is 18.9 Å². The summed E-state index contributed by atoms with van der Waals surface area (Å²) in [5, 5.41) is 10.7. The van der Waals surface area contributed by atoms with E-state index in [-0.39, 0.29) is 17.8 Å². The molecule has 152 valence electrons. The number of hydrogen-bond donors (Lipinski definition) is 2. The third-order valence-electron chi connectivity index (χ3n) is 5.95. The summed E-state index contributed by atoms with van der Waals surface area (Å²) >= 11 is 0. The number of piperidine rings is 1. The number of aromatic amines is 1. The van der Waals surface area contributed by atoms with Gasteiger partial charge < -0.3 is 24.5 Å². The Kier molecular flexibility index (Phi) is 4.77. The minimum Gasteiger partial charge on any atom is -0.486 e. The topological polar surface area (TPSA) is 79.7 Å². The Morgan fingerprint density at radius 2 is 1.79 bits per heavy atom. The summed E-state index contributed by atoms with van der Waals surface area (Å²) in [6.07, 6.45) is 0.744. The van der Waals surface area contributed by atoms with Crippen LogP contribution in [0.2, 0.25) is 0 Å². The number of aliphatic hydroxyl groups is 1. The monoisotopic (exact) mass is 395 g/mol. The largest absolute Gasteiger partial charge is 0.486 e. The summed E-state index contributed by atoms with van der Waals surface area (Å²) in [6.45, 7) is 2.54. The molecule has 0 amide bonds. The maximum atomic E-state index is 12.4. The van der Waals surface area contributed by atoms with Gasteiger partial charge in [0.1, 0.15) is 12.7 Å². The van der Waals surface area contributed by atoms with E-state index in [4.69, 9.17) is 9.47 Å². The summed E-state index contributed by atoms with van der Waals surface area (Å²) in [4.78, 5) is 17.6. The van der Waals surface area contributed by atoms with E-state index < -0.39 is 6.10 Å². The van der Waals surface area contributed by atoms with Crippen LogP contribution >= 0.6 is 0 Å². The van der Waals surface area contributed by atoms with Gasteiger partial charge in [0.05, 0.1) is 11.0 Å². The third-order valence-corrected chi connectivity index (χ3v) is 5.95. The lowest BCUT2D eigenvalue weighted by atomic mass is 10.0. The number of nitrogens with zero attached hydrogens (tertiary/aromatic N) is 2. The molecule has 2 aromatic carbocycles. The van der Waals surface area contributed by atoms with Crippen LogP contribution in [0.25, 0.3) is 11.0 Å². The quantitative estimate of drug-likeness (QED) is 0.708. The minimum absolute atomic E-state index is 0.0453. The van der Waals surface area contributed by atoms with Gasteiger partial charge in [0.25, 0.3) is 0 Å². The first-order chi connectivity index (χ1) is 14.2. The number of fused-ring (bicyclic) bond motifs is 2. The normalized spacial score (nSPS) is 21.3. The molecule has 7 heteroatoms. The van der Waals surface area contributed by atoms with Crippen molar-refractivity contribution in [1.29, 1.82) is 0 Å². The van der Waals surface area contributed by atoms with Crippen LogP contribution in [0.3, 0.4) is 0 Å². The van der Waals surface area contributed by atoms with E-state index in [1.807, 2.05) is 53.1 Å². The zero-order chi connectivity index (χ0) is 19.8. The molecule has 1 fully saturated rings. The van der Waals surface area contributed by atoms with Crippen molar-refractivity contribution in [1.82, 2.24) is 14.5 Å². The van der Waals surface area contributed by atoms with Crippen molar-refractivity contribution in [3.8, 4) is 11.5 Å². The Morgan fingerprint density at radius 3 is 2.62 bits per heavy atom. The van der Waals surface area contributed by atoms with Gasteiger partial charge in [-0.1, -0.05) is 24.3 Å². The molecule has 0 spiro atoms. The van der Waals surface area contributed by atoms with Crippen LogP contribution in [0.15, 0.2) is 53.3 Å². The Hall–Kier alpha value is -2.77. The van der Waals surface area contributed by atoms with Gasteiger partial charge in [0.15, 0.2) is 17.6 Å². The average molecular weight is 395 g/mol. The number of aromatic nitrogens is 2. The van der Waals surface area contributed by atoms with Crippen molar-refractivity contribution < 1.29 is 14.6 Å². The van der Waals surface area contributed by atoms with Crippen molar-refractivity contribution >= 4 is 11.0 Å². The maximum absolute atomic E-state index is 12.4. The van der Waals surface area contributed by atoms with Gasteiger partial charge in [-0.25, -0.2) is 4.79 Å². The summed E-state index contributed by atoms with van der Waals surface area (Å²) in [5.74, 6) is 1.40. The molecule has 5 rings (SSSR count). The molecule has 2 atom stereocenters. The number of β-amino-alcohol motifs (C(OH)–C–C–N with tert-alkyl or cyclic N) is 1. The minimum atomic E-state index is -0.629. The molecule has 7 nitrogen and oxygen atoms in total. The zero-order valence-electron chi connectivity index (χ0n) is 16.2. The van der Waals surface area contributed by atoms with E-state index >= 15 is 0 Å². The lowest BCUT2D eigenvalue weighted by molar-refractivity contribution is -0.0289. The van der Waals surface area contributed by atoms with Gasteiger partial charge in [-0.15, -0.1) is 0 Å². The van der Waals surface area contributed by atoms with Gasteiger partial charge in [-0.2, -0.15) is 0 Å². The number of rotatable bonds is 4. The highest BCUT2D eigenvalue weighted by Gasteiger charge is 2.31. The molecule has 0 aliphatic carbocycles. The van der Waals surface area contributed by atoms with E-state index in [0.717, 1.165) is 42.7 Å². The Morgan fingerprint density at radius 1 is 1.07 bits per heavy atom. The second-order valence-corrected chi connectivity index (χ2v) is 7.83. The van der Waals surface area contributed by atoms with Crippen molar-refractivity contribution in [2.24, 2.45) is 0 Å². The highest BCUT2D eigenvalue weighted by molar-refractivity contribution is 5.75. The number of ether oxygens (including phenoxy) is 2. The van der Waals surface area contributed by atoms with Crippen LogP contribution in [-0.4, -0.2) is 58.0 Å². The average Bonchev–Trinajstić information content (AvgIpc) is 3.09. The Balaban J connectivity index is 1.20. The van der Waals surface area contributed by atoms with Crippen LogP contribution in [0, 0.1) is 0 Å². The first kappa shape index (κ1) is 18.3. The molecule has 0 bridgehead atoms. The molecular formula is C22H25N3O4. The molecule has 2 aliphatic heterocycles. The van der Waals surface area contributed by atoms with Gasteiger partial charge in [0, 0.05) is 25.7 Å². The van der Waals surface area contributed by atoms with Crippen molar-refractivity contribution in [3.05, 3.63) is 59.0 Å². The number of likely N-dealkylation sites (tertiary alicyclic amines) is 1. The third kappa shape index (κ3) is 3.52. The highest BCUT2D eigenvalue weighted by Crippen LogP contribution is 2.32. The number of benzene rings is 2. The SMILES string of the molecule is O=c1[nH]c2ccccc2n1C1CCN(CC(O)C2COc3ccccc3O2)CC1. The standard InChI is InChI=1S/C22H25N3O4/c26-18(21-14-28-19-7-3-4-8-20(19)29-21)13-24-11-9-15(10-12-24)25-17-6-2-1-5-16(17)23-22(25)27/h1-8,15,18,21,26H,9-14H2,(H,23,27).